The molecule has 1 fully saturated rings. The zero-order valence-corrected chi connectivity index (χ0v) is 8.75. The first-order chi connectivity index (χ1) is 7.24. The highest BCUT2D eigenvalue weighted by atomic mass is 35.5. The van der Waals surface area contributed by atoms with Gasteiger partial charge >= 0.3 is 6.03 Å². The van der Waals surface area contributed by atoms with Crippen molar-refractivity contribution < 1.29 is 9.53 Å². The van der Waals surface area contributed by atoms with Gasteiger partial charge in [-0.3, -0.25) is 0 Å². The lowest BCUT2D eigenvalue weighted by Crippen LogP contribution is -2.31. The van der Waals surface area contributed by atoms with Crippen LogP contribution in [0.15, 0.2) is 24.3 Å². The van der Waals surface area contributed by atoms with Crippen LogP contribution in [-0.4, -0.2) is 25.3 Å². The number of anilines is 1. The van der Waals surface area contributed by atoms with E-state index < -0.39 is 0 Å². The van der Waals surface area contributed by atoms with E-state index in [1.54, 1.807) is 24.3 Å². The quantitative estimate of drug-likeness (QED) is 0.773. The fourth-order valence-corrected chi connectivity index (χ4v) is 1.23. The van der Waals surface area contributed by atoms with Gasteiger partial charge in [0.1, 0.15) is 0 Å². The average Bonchev–Trinajstić information content (AvgIpc) is 3.02. The van der Waals surface area contributed by atoms with Crippen molar-refractivity contribution in [3.8, 4) is 0 Å². The van der Waals surface area contributed by atoms with Crippen LogP contribution in [0, 0.1) is 0 Å². The van der Waals surface area contributed by atoms with Gasteiger partial charge in [-0.05, 0) is 24.3 Å². The first kappa shape index (κ1) is 10.3. The van der Waals surface area contributed by atoms with Gasteiger partial charge in [0.15, 0.2) is 0 Å². The van der Waals surface area contributed by atoms with E-state index >= 15 is 0 Å². The van der Waals surface area contributed by atoms with Crippen molar-refractivity contribution in [2.75, 3.05) is 18.5 Å². The lowest BCUT2D eigenvalue weighted by Gasteiger charge is -2.05. The lowest BCUT2D eigenvalue weighted by atomic mass is 10.3. The molecule has 1 heterocycles. The van der Waals surface area contributed by atoms with E-state index in [1.807, 2.05) is 0 Å². The Morgan fingerprint density at radius 3 is 2.73 bits per heavy atom. The van der Waals surface area contributed by atoms with Crippen molar-refractivity contribution in [2.24, 2.45) is 0 Å². The monoisotopic (exact) mass is 226 g/mol. The molecule has 4 nitrogen and oxygen atoms in total. The Kier molecular flexibility index (Phi) is 3.08. The molecular formula is C10H11ClN2O2. The average molecular weight is 227 g/mol. The number of epoxide rings is 1. The highest BCUT2D eigenvalue weighted by molar-refractivity contribution is 6.30. The molecule has 2 N–H and O–H groups in total. The van der Waals surface area contributed by atoms with E-state index in [-0.39, 0.29) is 12.1 Å². The van der Waals surface area contributed by atoms with Crippen molar-refractivity contribution in [1.82, 2.24) is 5.32 Å². The number of benzene rings is 1. The normalized spacial score (nSPS) is 18.3. The lowest BCUT2D eigenvalue weighted by molar-refractivity contribution is 0.250. The van der Waals surface area contributed by atoms with E-state index in [0.717, 1.165) is 6.61 Å². The van der Waals surface area contributed by atoms with Gasteiger partial charge in [-0.1, -0.05) is 11.6 Å². The van der Waals surface area contributed by atoms with Crippen LogP contribution in [-0.2, 0) is 4.74 Å². The van der Waals surface area contributed by atoms with Gasteiger partial charge in [0.25, 0.3) is 0 Å². The number of carbonyl (C=O) groups is 1. The van der Waals surface area contributed by atoms with Crippen molar-refractivity contribution in [1.29, 1.82) is 0 Å². The molecule has 0 radical (unpaired) electrons. The van der Waals surface area contributed by atoms with Gasteiger partial charge in [0.2, 0.25) is 0 Å². The molecule has 1 aliphatic rings. The number of carbonyl (C=O) groups excluding carboxylic acids is 1. The molecule has 2 amide bonds. The predicted molar refractivity (Wildman–Crippen MR) is 58.2 cm³/mol. The maximum Gasteiger partial charge on any atom is 0.319 e. The molecule has 1 saturated heterocycles. The Labute approximate surface area is 92.6 Å². The van der Waals surface area contributed by atoms with Crippen molar-refractivity contribution in [3.05, 3.63) is 29.3 Å². The largest absolute Gasteiger partial charge is 0.371 e. The predicted octanol–water partition coefficient (Wildman–Crippen LogP) is 1.86. The van der Waals surface area contributed by atoms with E-state index in [0.29, 0.717) is 17.3 Å². The van der Waals surface area contributed by atoms with Crippen LogP contribution in [0.3, 0.4) is 0 Å². The smallest absolute Gasteiger partial charge is 0.319 e. The maximum absolute atomic E-state index is 11.3. The fourth-order valence-electron chi connectivity index (χ4n) is 1.10. The Hall–Kier alpha value is -1.26. The second kappa shape index (κ2) is 4.51. The molecule has 1 aromatic carbocycles. The zero-order chi connectivity index (χ0) is 10.7. The Balaban J connectivity index is 1.79. The number of urea groups is 1. The van der Waals surface area contributed by atoms with Crippen LogP contribution in [0.2, 0.25) is 5.02 Å². The molecule has 0 aliphatic carbocycles. The molecule has 2 rings (SSSR count). The van der Waals surface area contributed by atoms with Gasteiger partial charge in [0.05, 0.1) is 12.7 Å². The highest BCUT2D eigenvalue weighted by Crippen LogP contribution is 2.13. The second-order valence-corrected chi connectivity index (χ2v) is 3.73. The number of rotatable bonds is 3. The number of hydrogen-bond acceptors (Lipinski definition) is 2. The SMILES string of the molecule is O=C(NCC1CO1)Nc1ccc(Cl)cc1. The Bertz CT molecular complexity index is 349. The third-order valence-corrected chi connectivity index (χ3v) is 2.25. The number of nitrogens with one attached hydrogen (secondary N) is 2. The Morgan fingerprint density at radius 1 is 1.47 bits per heavy atom. The first-order valence-corrected chi connectivity index (χ1v) is 5.04. The summed E-state index contributed by atoms with van der Waals surface area (Å²) in [4.78, 5) is 11.3. The minimum absolute atomic E-state index is 0.195. The molecule has 1 atom stereocenters. The van der Waals surface area contributed by atoms with E-state index in [4.69, 9.17) is 16.3 Å². The highest BCUT2D eigenvalue weighted by Gasteiger charge is 2.22. The topological polar surface area (TPSA) is 53.7 Å². The van der Waals surface area contributed by atoms with Crippen molar-refractivity contribution >= 4 is 23.3 Å². The first-order valence-electron chi connectivity index (χ1n) is 4.66. The van der Waals surface area contributed by atoms with Crippen LogP contribution in [0.5, 0.6) is 0 Å². The zero-order valence-electron chi connectivity index (χ0n) is 8.00. The summed E-state index contributed by atoms with van der Waals surface area (Å²) in [7, 11) is 0. The summed E-state index contributed by atoms with van der Waals surface area (Å²) in [6, 6.07) is 6.71. The fraction of sp³-hybridized carbons (Fsp3) is 0.300. The van der Waals surface area contributed by atoms with Gasteiger partial charge in [-0.15, -0.1) is 0 Å². The van der Waals surface area contributed by atoms with E-state index in [2.05, 4.69) is 10.6 Å². The number of halogens is 1. The third-order valence-electron chi connectivity index (χ3n) is 1.99. The van der Waals surface area contributed by atoms with Gasteiger partial charge < -0.3 is 15.4 Å². The summed E-state index contributed by atoms with van der Waals surface area (Å²) in [5.74, 6) is 0. The molecule has 0 saturated carbocycles. The molecule has 0 aromatic heterocycles. The second-order valence-electron chi connectivity index (χ2n) is 3.30. The van der Waals surface area contributed by atoms with Crippen LogP contribution >= 0.6 is 11.6 Å². The Morgan fingerprint density at radius 2 is 2.13 bits per heavy atom. The molecule has 0 spiro atoms. The number of hydrogen-bond donors (Lipinski definition) is 2. The molecule has 0 bridgehead atoms. The van der Waals surface area contributed by atoms with E-state index in [9.17, 15) is 4.79 Å². The third kappa shape index (κ3) is 3.42. The molecule has 1 aliphatic heterocycles. The molecule has 5 heteroatoms. The number of ether oxygens (including phenoxy) is 1. The summed E-state index contributed by atoms with van der Waals surface area (Å²) < 4.78 is 4.96. The molecule has 1 aromatic rings. The van der Waals surface area contributed by atoms with Gasteiger partial charge in [-0.2, -0.15) is 0 Å². The van der Waals surface area contributed by atoms with Crippen LogP contribution in [0.25, 0.3) is 0 Å². The van der Waals surface area contributed by atoms with Crippen LogP contribution in [0.4, 0.5) is 10.5 Å². The van der Waals surface area contributed by atoms with Gasteiger partial charge in [-0.25, -0.2) is 4.79 Å². The van der Waals surface area contributed by atoms with E-state index in [1.165, 1.54) is 0 Å². The summed E-state index contributed by atoms with van der Waals surface area (Å²) in [6.45, 7) is 1.29. The maximum atomic E-state index is 11.3. The van der Waals surface area contributed by atoms with Crippen LogP contribution < -0.4 is 10.6 Å². The minimum Gasteiger partial charge on any atom is -0.371 e. The molecular weight excluding hydrogens is 216 g/mol. The summed E-state index contributed by atoms with van der Waals surface area (Å²) in [5.41, 5.74) is 0.716. The van der Waals surface area contributed by atoms with Gasteiger partial charge in [0, 0.05) is 17.3 Å². The van der Waals surface area contributed by atoms with Crippen LogP contribution in [0.1, 0.15) is 0 Å². The standard InChI is InChI=1S/C10H11ClN2O2/c11-7-1-3-8(4-2-7)13-10(14)12-5-9-6-15-9/h1-4,9H,5-6H2,(H2,12,13,14). The summed E-state index contributed by atoms with van der Waals surface area (Å²) in [5, 5.41) is 6.03. The summed E-state index contributed by atoms with van der Waals surface area (Å²) >= 11 is 5.71. The minimum atomic E-state index is -0.229. The van der Waals surface area contributed by atoms with Crippen molar-refractivity contribution in [3.63, 3.8) is 0 Å². The van der Waals surface area contributed by atoms with Crippen molar-refractivity contribution in [2.45, 2.75) is 6.10 Å². The molecule has 80 valence electrons. The molecule has 15 heavy (non-hydrogen) atoms. The summed E-state index contributed by atoms with van der Waals surface area (Å²) in [6.07, 6.45) is 0.195. The molecule has 1 unspecified atom stereocenters. The number of amides is 2.